The quantitative estimate of drug-likeness (QED) is 0.906. The molecule has 6 heteroatoms. The van der Waals surface area contributed by atoms with Crippen LogP contribution in [0.4, 0.5) is 8.78 Å². The summed E-state index contributed by atoms with van der Waals surface area (Å²) in [5.41, 5.74) is 6.68. The fourth-order valence-electron chi connectivity index (χ4n) is 2.90. The van der Waals surface area contributed by atoms with Gasteiger partial charge < -0.3 is 10.5 Å². The third kappa shape index (κ3) is 4.31. The van der Waals surface area contributed by atoms with Gasteiger partial charge in [0, 0.05) is 35.7 Å². The number of ether oxygens (including phenoxy) is 1. The molecule has 0 radical (unpaired) electrons. The van der Waals surface area contributed by atoms with Gasteiger partial charge in [-0.05, 0) is 6.07 Å². The van der Waals surface area contributed by atoms with Crippen LogP contribution in [0, 0.1) is 0 Å². The number of benzene rings is 1. The van der Waals surface area contributed by atoms with Crippen molar-refractivity contribution >= 4 is 11.8 Å². The summed E-state index contributed by atoms with van der Waals surface area (Å²) in [6.07, 6.45) is 0. The molecule has 0 aliphatic carbocycles. The summed E-state index contributed by atoms with van der Waals surface area (Å²) >= 11 is 1.95. The van der Waals surface area contributed by atoms with Crippen LogP contribution in [-0.2, 0) is 0 Å². The molecule has 1 heterocycles. The lowest BCUT2D eigenvalue weighted by molar-refractivity contribution is -0.0511. The zero-order chi connectivity index (χ0) is 15.4. The van der Waals surface area contributed by atoms with E-state index >= 15 is 0 Å². The molecule has 21 heavy (non-hydrogen) atoms. The Labute approximate surface area is 128 Å². The van der Waals surface area contributed by atoms with Crippen molar-refractivity contribution < 1.29 is 13.5 Å². The Bertz CT molecular complexity index is 451. The molecular formula is C15H22F2N2OS. The number of halogens is 2. The van der Waals surface area contributed by atoms with Crippen molar-refractivity contribution in [3.05, 3.63) is 29.8 Å². The summed E-state index contributed by atoms with van der Waals surface area (Å²) in [6, 6.07) is 6.85. The van der Waals surface area contributed by atoms with E-state index in [9.17, 15) is 8.78 Å². The van der Waals surface area contributed by atoms with Crippen molar-refractivity contribution in [2.75, 3.05) is 19.6 Å². The number of thioether (sulfide) groups is 1. The van der Waals surface area contributed by atoms with Crippen LogP contribution < -0.4 is 10.5 Å². The normalized spacial score (nSPS) is 25.0. The fraction of sp³-hybridized carbons (Fsp3) is 0.600. The first kappa shape index (κ1) is 16.5. The van der Waals surface area contributed by atoms with Gasteiger partial charge in [-0.1, -0.05) is 32.0 Å². The molecular weight excluding hydrogens is 294 g/mol. The summed E-state index contributed by atoms with van der Waals surface area (Å²) in [7, 11) is 0. The number of para-hydroxylation sites is 1. The van der Waals surface area contributed by atoms with Gasteiger partial charge in [-0.15, -0.1) is 0 Å². The fourth-order valence-corrected chi connectivity index (χ4v) is 4.25. The summed E-state index contributed by atoms with van der Waals surface area (Å²) in [6.45, 7) is 3.73. The second kappa shape index (κ2) is 7.42. The molecule has 2 rings (SSSR count). The highest BCUT2D eigenvalue weighted by Crippen LogP contribution is 2.34. The summed E-state index contributed by atoms with van der Waals surface area (Å²) < 4.78 is 29.8. The standard InChI is InChI=1S/C15H22F2N2OS/c1-10-8-19(9-11(2)21-10)13(7-18)12-5-3-4-6-14(12)20-15(16)17/h3-6,10-11,13,15H,7-9,18H2,1-2H3. The summed E-state index contributed by atoms with van der Waals surface area (Å²) in [4.78, 5) is 2.28. The third-order valence-corrected chi connectivity index (χ3v) is 4.83. The minimum Gasteiger partial charge on any atom is -0.434 e. The number of hydrogen-bond acceptors (Lipinski definition) is 4. The van der Waals surface area contributed by atoms with Crippen LogP contribution in [0.3, 0.4) is 0 Å². The zero-order valence-electron chi connectivity index (χ0n) is 12.3. The largest absolute Gasteiger partial charge is 0.434 e. The molecule has 3 atom stereocenters. The molecule has 118 valence electrons. The SMILES string of the molecule is CC1CN(C(CN)c2ccccc2OC(F)F)CC(C)S1. The maximum absolute atomic E-state index is 12.6. The molecule has 2 N–H and O–H groups in total. The van der Waals surface area contributed by atoms with E-state index in [0.717, 1.165) is 18.7 Å². The molecule has 0 bridgehead atoms. The van der Waals surface area contributed by atoms with Crippen molar-refractivity contribution in [1.29, 1.82) is 0 Å². The van der Waals surface area contributed by atoms with Gasteiger partial charge in [0.15, 0.2) is 0 Å². The molecule has 0 spiro atoms. The minimum atomic E-state index is -2.82. The highest BCUT2D eigenvalue weighted by atomic mass is 32.2. The van der Waals surface area contributed by atoms with E-state index in [1.54, 1.807) is 12.1 Å². The molecule has 3 nitrogen and oxygen atoms in total. The van der Waals surface area contributed by atoms with Crippen LogP contribution in [-0.4, -0.2) is 41.6 Å². The van der Waals surface area contributed by atoms with E-state index in [0.29, 0.717) is 17.0 Å². The summed E-state index contributed by atoms with van der Waals surface area (Å²) in [5, 5.41) is 1.01. The molecule has 3 unspecified atom stereocenters. The maximum Gasteiger partial charge on any atom is 0.387 e. The smallest absolute Gasteiger partial charge is 0.387 e. The molecule has 0 aromatic heterocycles. The van der Waals surface area contributed by atoms with Gasteiger partial charge in [0.05, 0.1) is 6.04 Å². The molecule has 0 amide bonds. The minimum absolute atomic E-state index is 0.0919. The molecule has 1 aromatic carbocycles. The number of nitrogens with zero attached hydrogens (tertiary/aromatic N) is 1. The van der Waals surface area contributed by atoms with Crippen molar-refractivity contribution in [1.82, 2.24) is 4.90 Å². The van der Waals surface area contributed by atoms with Crippen LogP contribution in [0.5, 0.6) is 5.75 Å². The highest BCUT2D eigenvalue weighted by molar-refractivity contribution is 8.00. The van der Waals surface area contributed by atoms with Gasteiger partial charge in [-0.2, -0.15) is 20.5 Å². The molecule has 1 saturated heterocycles. The Morgan fingerprint density at radius 2 is 1.90 bits per heavy atom. The second-order valence-corrected chi connectivity index (χ2v) is 7.26. The van der Waals surface area contributed by atoms with Gasteiger partial charge in [0.1, 0.15) is 5.75 Å². The Hall–Kier alpha value is -0.850. The molecule has 1 aliphatic heterocycles. The van der Waals surface area contributed by atoms with Gasteiger partial charge in [0.25, 0.3) is 0 Å². The van der Waals surface area contributed by atoms with Crippen LogP contribution >= 0.6 is 11.8 Å². The lowest BCUT2D eigenvalue weighted by atomic mass is 10.0. The third-order valence-electron chi connectivity index (χ3n) is 3.61. The van der Waals surface area contributed by atoms with Crippen molar-refractivity contribution in [2.24, 2.45) is 5.73 Å². The number of hydrogen-bond donors (Lipinski definition) is 1. The van der Waals surface area contributed by atoms with E-state index in [1.807, 2.05) is 23.9 Å². The monoisotopic (exact) mass is 316 g/mol. The average Bonchev–Trinajstić information content (AvgIpc) is 2.40. The van der Waals surface area contributed by atoms with Crippen LogP contribution in [0.1, 0.15) is 25.5 Å². The first-order chi connectivity index (χ1) is 10.0. The van der Waals surface area contributed by atoms with E-state index < -0.39 is 6.61 Å². The molecule has 1 fully saturated rings. The van der Waals surface area contributed by atoms with E-state index in [2.05, 4.69) is 23.5 Å². The topological polar surface area (TPSA) is 38.5 Å². The summed E-state index contributed by atoms with van der Waals surface area (Å²) in [5.74, 6) is 0.224. The first-order valence-corrected chi connectivity index (χ1v) is 8.08. The number of rotatable bonds is 5. The number of alkyl halides is 2. The Morgan fingerprint density at radius 3 is 2.48 bits per heavy atom. The maximum atomic E-state index is 12.6. The average molecular weight is 316 g/mol. The Kier molecular flexibility index (Phi) is 5.84. The van der Waals surface area contributed by atoms with Crippen molar-refractivity contribution in [3.63, 3.8) is 0 Å². The second-order valence-electron chi connectivity index (χ2n) is 5.38. The van der Waals surface area contributed by atoms with Crippen molar-refractivity contribution in [2.45, 2.75) is 37.0 Å². The van der Waals surface area contributed by atoms with E-state index in [4.69, 9.17) is 5.73 Å². The van der Waals surface area contributed by atoms with Crippen molar-refractivity contribution in [3.8, 4) is 5.75 Å². The van der Waals surface area contributed by atoms with Gasteiger partial charge >= 0.3 is 6.61 Å². The Morgan fingerprint density at radius 1 is 1.29 bits per heavy atom. The van der Waals surface area contributed by atoms with E-state index in [1.165, 1.54) is 0 Å². The highest BCUT2D eigenvalue weighted by Gasteiger charge is 2.29. The zero-order valence-corrected chi connectivity index (χ0v) is 13.2. The molecule has 0 saturated carbocycles. The van der Waals surface area contributed by atoms with Crippen LogP contribution in [0.2, 0.25) is 0 Å². The lowest BCUT2D eigenvalue weighted by Crippen LogP contribution is -2.44. The Balaban J connectivity index is 2.24. The van der Waals surface area contributed by atoms with Gasteiger partial charge in [0.2, 0.25) is 0 Å². The van der Waals surface area contributed by atoms with Crippen LogP contribution in [0.15, 0.2) is 24.3 Å². The predicted octanol–water partition coefficient (Wildman–Crippen LogP) is 3.11. The van der Waals surface area contributed by atoms with Gasteiger partial charge in [-0.25, -0.2) is 0 Å². The van der Waals surface area contributed by atoms with Crippen LogP contribution in [0.25, 0.3) is 0 Å². The molecule has 1 aliphatic rings. The molecule has 1 aromatic rings. The lowest BCUT2D eigenvalue weighted by Gasteiger charge is -2.40. The number of nitrogens with two attached hydrogens (primary N) is 1. The first-order valence-electron chi connectivity index (χ1n) is 7.14. The predicted molar refractivity (Wildman–Crippen MR) is 83.0 cm³/mol. The van der Waals surface area contributed by atoms with E-state index in [-0.39, 0.29) is 11.8 Å². The van der Waals surface area contributed by atoms with Gasteiger partial charge in [-0.3, -0.25) is 4.90 Å².